The van der Waals surface area contributed by atoms with Crippen LogP contribution in [0.4, 0.5) is 0 Å². The van der Waals surface area contributed by atoms with Crippen molar-refractivity contribution < 1.29 is 9.59 Å². The van der Waals surface area contributed by atoms with Gasteiger partial charge in [0, 0.05) is 33.4 Å². The maximum atomic E-state index is 13.1. The molecule has 1 unspecified atom stereocenters. The molecular weight excluding hydrogens is 451 g/mol. The molecule has 7 heteroatoms. The number of amides is 2. The summed E-state index contributed by atoms with van der Waals surface area (Å²) in [5.41, 5.74) is 0.447. The number of nitrogens with one attached hydrogen (secondary N) is 1. The van der Waals surface area contributed by atoms with Crippen LogP contribution in [-0.4, -0.2) is 34.0 Å². The Morgan fingerprint density at radius 1 is 1.06 bits per heavy atom. The maximum Gasteiger partial charge on any atom is 0.242 e. The van der Waals surface area contributed by atoms with Crippen molar-refractivity contribution in [2.75, 3.05) is 5.75 Å². The fourth-order valence-electron chi connectivity index (χ4n) is 2.95. The van der Waals surface area contributed by atoms with Crippen LogP contribution in [0.1, 0.15) is 46.1 Å². The van der Waals surface area contributed by atoms with Gasteiger partial charge >= 0.3 is 0 Å². The fourth-order valence-corrected chi connectivity index (χ4v) is 4.13. The summed E-state index contributed by atoms with van der Waals surface area (Å²) < 4.78 is 0. The number of nitrogens with zero attached hydrogens (tertiary/aromatic N) is 1. The molecule has 1 N–H and O–H groups in total. The van der Waals surface area contributed by atoms with Gasteiger partial charge in [-0.15, -0.1) is 11.8 Å². The summed E-state index contributed by atoms with van der Waals surface area (Å²) in [6, 6.07) is 14.5. The van der Waals surface area contributed by atoms with Gasteiger partial charge in [0.05, 0.1) is 0 Å². The first-order valence-corrected chi connectivity index (χ1v) is 12.0. The molecule has 0 saturated heterocycles. The van der Waals surface area contributed by atoms with Crippen molar-refractivity contribution in [3.63, 3.8) is 0 Å². The van der Waals surface area contributed by atoms with Crippen LogP contribution >= 0.6 is 35.0 Å². The van der Waals surface area contributed by atoms with Gasteiger partial charge in [-0.3, -0.25) is 9.59 Å². The Hall–Kier alpha value is -1.69. The number of hydrogen-bond acceptors (Lipinski definition) is 3. The normalized spacial score (nSPS) is 12.3. The fraction of sp³-hybridized carbons (Fsp3) is 0.417. The van der Waals surface area contributed by atoms with E-state index in [1.807, 2.05) is 63.2 Å². The quantitative estimate of drug-likeness (QED) is 0.343. The molecule has 0 heterocycles. The van der Waals surface area contributed by atoms with Gasteiger partial charge in [-0.1, -0.05) is 41.4 Å². The Labute approximate surface area is 199 Å². The second kappa shape index (κ2) is 11.8. The van der Waals surface area contributed by atoms with Crippen LogP contribution in [0, 0.1) is 0 Å². The van der Waals surface area contributed by atoms with Crippen LogP contribution in [0.15, 0.2) is 53.4 Å². The molecule has 0 bridgehead atoms. The summed E-state index contributed by atoms with van der Waals surface area (Å²) in [6.45, 7) is 7.82. The lowest BCUT2D eigenvalue weighted by Crippen LogP contribution is -2.52. The van der Waals surface area contributed by atoms with Crippen molar-refractivity contribution in [2.45, 2.75) is 63.6 Å². The van der Waals surface area contributed by atoms with Crippen molar-refractivity contribution >= 4 is 46.8 Å². The highest BCUT2D eigenvalue weighted by molar-refractivity contribution is 7.99. The van der Waals surface area contributed by atoms with Crippen molar-refractivity contribution in [3.05, 3.63) is 64.1 Å². The van der Waals surface area contributed by atoms with Gasteiger partial charge in [-0.05, 0) is 75.8 Å². The van der Waals surface area contributed by atoms with E-state index in [2.05, 4.69) is 5.32 Å². The zero-order valence-corrected chi connectivity index (χ0v) is 20.8. The molecular formula is C24H30Cl2N2O2S. The summed E-state index contributed by atoms with van der Waals surface area (Å²) >= 11 is 13.9. The first kappa shape index (κ1) is 25.6. The largest absolute Gasteiger partial charge is 0.350 e. The maximum absolute atomic E-state index is 13.1. The van der Waals surface area contributed by atoms with E-state index in [1.165, 1.54) is 0 Å². The van der Waals surface area contributed by atoms with Crippen LogP contribution in [0.25, 0.3) is 0 Å². The summed E-state index contributed by atoms with van der Waals surface area (Å²) in [5, 5.41) is 4.26. The molecule has 0 aliphatic heterocycles. The van der Waals surface area contributed by atoms with Gasteiger partial charge in [0.15, 0.2) is 0 Å². The number of rotatable bonds is 9. The molecule has 0 aliphatic rings. The lowest BCUT2D eigenvalue weighted by atomic mass is 10.1. The molecule has 1 atom stereocenters. The molecule has 2 aromatic carbocycles. The SMILES string of the molecule is CC(C(=O)NC(C)(C)C)N(Cc1ccccc1Cl)C(=O)CCCSc1ccc(Cl)cc1. The lowest BCUT2D eigenvalue weighted by Gasteiger charge is -2.31. The number of carbonyl (C=O) groups is 2. The standard InChI is InChI=1S/C24H30Cl2N2O2S/c1-17(23(30)27-24(2,3)4)28(16-18-8-5-6-9-21(18)26)22(29)10-7-15-31-20-13-11-19(25)12-14-20/h5-6,8-9,11-14,17H,7,10,15-16H2,1-4H3,(H,27,30). The lowest BCUT2D eigenvalue weighted by molar-refractivity contribution is -0.141. The Morgan fingerprint density at radius 2 is 1.71 bits per heavy atom. The number of carbonyl (C=O) groups excluding carboxylic acids is 2. The summed E-state index contributed by atoms with van der Waals surface area (Å²) in [4.78, 5) is 28.6. The number of thioether (sulfide) groups is 1. The zero-order chi connectivity index (χ0) is 23.0. The molecule has 2 aromatic rings. The van der Waals surface area contributed by atoms with E-state index in [9.17, 15) is 9.59 Å². The smallest absolute Gasteiger partial charge is 0.242 e. The molecule has 2 rings (SSSR count). The third kappa shape index (κ3) is 8.76. The van der Waals surface area contributed by atoms with Crippen LogP contribution in [-0.2, 0) is 16.1 Å². The van der Waals surface area contributed by atoms with Gasteiger partial charge in [0.1, 0.15) is 6.04 Å². The summed E-state index contributed by atoms with van der Waals surface area (Å²) in [7, 11) is 0. The third-order valence-electron chi connectivity index (χ3n) is 4.58. The van der Waals surface area contributed by atoms with E-state index in [1.54, 1.807) is 29.7 Å². The molecule has 31 heavy (non-hydrogen) atoms. The van der Waals surface area contributed by atoms with Crippen molar-refractivity contribution in [1.82, 2.24) is 10.2 Å². The minimum Gasteiger partial charge on any atom is -0.350 e. The van der Waals surface area contributed by atoms with E-state index in [-0.39, 0.29) is 17.4 Å². The molecule has 0 radical (unpaired) electrons. The zero-order valence-electron chi connectivity index (χ0n) is 18.5. The molecule has 2 amide bonds. The molecule has 0 spiro atoms. The van der Waals surface area contributed by atoms with Crippen LogP contribution < -0.4 is 5.32 Å². The van der Waals surface area contributed by atoms with Crippen LogP contribution in [0.2, 0.25) is 10.0 Å². The molecule has 4 nitrogen and oxygen atoms in total. The second-order valence-electron chi connectivity index (χ2n) is 8.43. The summed E-state index contributed by atoms with van der Waals surface area (Å²) in [5.74, 6) is 0.562. The molecule has 0 saturated carbocycles. The van der Waals surface area contributed by atoms with E-state index in [0.717, 1.165) is 16.2 Å². The average Bonchev–Trinajstić information content (AvgIpc) is 2.70. The Kier molecular flexibility index (Phi) is 9.73. The van der Waals surface area contributed by atoms with Gasteiger partial charge in [0.25, 0.3) is 0 Å². The van der Waals surface area contributed by atoms with E-state index in [4.69, 9.17) is 23.2 Å². The number of benzene rings is 2. The summed E-state index contributed by atoms with van der Waals surface area (Å²) in [6.07, 6.45) is 1.07. The van der Waals surface area contributed by atoms with Gasteiger partial charge in [0.2, 0.25) is 11.8 Å². The second-order valence-corrected chi connectivity index (χ2v) is 10.4. The van der Waals surface area contributed by atoms with E-state index in [0.29, 0.717) is 29.4 Å². The minimum absolute atomic E-state index is 0.0619. The van der Waals surface area contributed by atoms with Gasteiger partial charge < -0.3 is 10.2 Å². The van der Waals surface area contributed by atoms with Gasteiger partial charge in [-0.2, -0.15) is 0 Å². The molecule has 0 aliphatic carbocycles. The van der Waals surface area contributed by atoms with Crippen molar-refractivity contribution in [1.29, 1.82) is 0 Å². The number of halogens is 2. The average molecular weight is 481 g/mol. The van der Waals surface area contributed by atoms with Crippen LogP contribution in [0.3, 0.4) is 0 Å². The monoisotopic (exact) mass is 480 g/mol. The predicted octanol–water partition coefficient (Wildman–Crippen LogP) is 6.20. The number of hydrogen-bond donors (Lipinski definition) is 1. The molecule has 0 fully saturated rings. The Morgan fingerprint density at radius 3 is 2.32 bits per heavy atom. The topological polar surface area (TPSA) is 49.4 Å². The first-order valence-electron chi connectivity index (χ1n) is 10.3. The van der Waals surface area contributed by atoms with Gasteiger partial charge in [-0.25, -0.2) is 0 Å². The Bertz CT molecular complexity index is 882. The Balaban J connectivity index is 2.03. The molecule has 0 aromatic heterocycles. The highest BCUT2D eigenvalue weighted by Gasteiger charge is 2.28. The van der Waals surface area contributed by atoms with Crippen LogP contribution in [0.5, 0.6) is 0 Å². The van der Waals surface area contributed by atoms with Crippen molar-refractivity contribution in [2.24, 2.45) is 0 Å². The highest BCUT2D eigenvalue weighted by atomic mass is 35.5. The van der Waals surface area contributed by atoms with Crippen molar-refractivity contribution in [3.8, 4) is 0 Å². The third-order valence-corrected chi connectivity index (χ3v) is 6.30. The minimum atomic E-state index is -0.605. The predicted molar refractivity (Wildman–Crippen MR) is 131 cm³/mol. The molecule has 168 valence electrons. The van der Waals surface area contributed by atoms with E-state index < -0.39 is 6.04 Å². The first-order chi connectivity index (χ1) is 14.6. The highest BCUT2D eigenvalue weighted by Crippen LogP contribution is 2.23. The van der Waals surface area contributed by atoms with E-state index >= 15 is 0 Å².